The zero-order valence-electron chi connectivity index (χ0n) is 17.2. The van der Waals surface area contributed by atoms with Gasteiger partial charge in [0.05, 0.1) is 7.11 Å². The molecule has 2 aromatic carbocycles. The molecule has 0 saturated carbocycles. The van der Waals surface area contributed by atoms with Gasteiger partial charge in [0.1, 0.15) is 23.7 Å². The number of fused-ring (bicyclic) bond motifs is 2. The van der Waals surface area contributed by atoms with Crippen molar-refractivity contribution in [2.24, 2.45) is 0 Å². The molecule has 0 amide bonds. The second kappa shape index (κ2) is 8.87. The molecule has 0 bridgehead atoms. The molecule has 0 saturated heterocycles. The molecular weight excluding hydrogens is 452 g/mol. The Labute approximate surface area is 190 Å². The minimum absolute atomic E-state index is 0.0457. The fourth-order valence-corrected chi connectivity index (χ4v) is 3.75. The highest BCUT2D eigenvalue weighted by atomic mass is 32.2. The van der Waals surface area contributed by atoms with Gasteiger partial charge in [0.25, 0.3) is 5.22 Å². The number of carbonyl (C=O) groups is 1. The Kier molecular flexibility index (Phi) is 5.61. The summed E-state index contributed by atoms with van der Waals surface area (Å²) in [4.78, 5) is 24.1. The van der Waals surface area contributed by atoms with Crippen molar-refractivity contribution in [3.63, 3.8) is 0 Å². The third-order valence-corrected chi connectivity index (χ3v) is 5.56. The number of carbonyl (C=O) groups excluding carboxylic acids is 1. The van der Waals surface area contributed by atoms with Crippen molar-refractivity contribution >= 4 is 28.7 Å². The second-order valence-corrected chi connectivity index (χ2v) is 7.77. The summed E-state index contributed by atoms with van der Waals surface area (Å²) < 4.78 is 31.9. The van der Waals surface area contributed by atoms with E-state index in [4.69, 9.17) is 27.8 Å². The Balaban J connectivity index is 1.20. The van der Waals surface area contributed by atoms with Gasteiger partial charge in [-0.15, -0.1) is 10.2 Å². The molecule has 0 unspecified atom stereocenters. The molecule has 0 radical (unpaired) electrons. The maximum atomic E-state index is 12.2. The largest absolute Gasteiger partial charge is 0.497 e. The maximum absolute atomic E-state index is 12.2. The Morgan fingerprint density at radius 2 is 1.94 bits per heavy atom. The number of thioether (sulfide) groups is 1. The lowest BCUT2D eigenvalue weighted by Crippen LogP contribution is -2.09. The van der Waals surface area contributed by atoms with Crippen molar-refractivity contribution in [3.05, 3.63) is 58.4 Å². The number of rotatable bonds is 7. The van der Waals surface area contributed by atoms with Crippen LogP contribution in [0, 0.1) is 0 Å². The summed E-state index contributed by atoms with van der Waals surface area (Å²) in [5, 5.41) is 8.82. The predicted molar refractivity (Wildman–Crippen MR) is 115 cm³/mol. The highest BCUT2D eigenvalue weighted by molar-refractivity contribution is 7.99. The van der Waals surface area contributed by atoms with Gasteiger partial charge in [-0.2, -0.15) is 0 Å². The van der Waals surface area contributed by atoms with Gasteiger partial charge in [0.15, 0.2) is 11.5 Å². The summed E-state index contributed by atoms with van der Waals surface area (Å²) in [7, 11) is 1.52. The van der Waals surface area contributed by atoms with Crippen LogP contribution in [0.25, 0.3) is 22.4 Å². The van der Waals surface area contributed by atoms with Crippen molar-refractivity contribution in [2.75, 3.05) is 19.7 Å². The highest BCUT2D eigenvalue weighted by Crippen LogP contribution is 2.36. The normalized spacial score (nSPS) is 12.2. The van der Waals surface area contributed by atoms with E-state index >= 15 is 0 Å². The molecule has 1 aliphatic rings. The van der Waals surface area contributed by atoms with Crippen LogP contribution in [0.1, 0.15) is 5.56 Å². The van der Waals surface area contributed by atoms with Gasteiger partial charge >= 0.3 is 11.6 Å². The smallest absolute Gasteiger partial charge is 0.336 e. The first-order chi connectivity index (χ1) is 16.1. The standard InChI is InChI=1S/C22H16N2O8S/c1-27-14-3-4-15-13(7-19(25)31-17(15)8-14)9-28-20(26)10-33-22-24-23-21(32-22)12-2-5-16-18(6-12)30-11-29-16/h2-8H,9-11H2,1H3. The van der Waals surface area contributed by atoms with Gasteiger partial charge in [0, 0.05) is 28.6 Å². The van der Waals surface area contributed by atoms with Crippen molar-refractivity contribution in [1.82, 2.24) is 10.2 Å². The molecule has 168 valence electrons. The predicted octanol–water partition coefficient (Wildman–Crippen LogP) is 3.42. The van der Waals surface area contributed by atoms with Crippen LogP contribution in [0.2, 0.25) is 0 Å². The Hall–Kier alpha value is -3.99. The highest BCUT2D eigenvalue weighted by Gasteiger charge is 2.18. The Morgan fingerprint density at radius 3 is 2.82 bits per heavy atom. The molecule has 0 N–H and O–H groups in total. The number of hydrogen-bond acceptors (Lipinski definition) is 11. The van der Waals surface area contributed by atoms with Gasteiger partial charge in [-0.1, -0.05) is 11.8 Å². The SMILES string of the molecule is COc1ccc2c(COC(=O)CSc3nnc(-c4ccc5c(c4)OCO5)o3)cc(=O)oc2c1. The van der Waals surface area contributed by atoms with Crippen LogP contribution in [0.5, 0.6) is 17.2 Å². The Bertz CT molecular complexity index is 1400. The fraction of sp³-hybridized carbons (Fsp3) is 0.182. The maximum Gasteiger partial charge on any atom is 0.336 e. The number of esters is 1. The summed E-state index contributed by atoms with van der Waals surface area (Å²) in [6.07, 6.45) is 0. The molecule has 11 heteroatoms. The lowest BCUT2D eigenvalue weighted by molar-refractivity contribution is -0.141. The number of benzene rings is 2. The number of hydrogen-bond donors (Lipinski definition) is 0. The quantitative estimate of drug-likeness (QED) is 0.225. The van der Waals surface area contributed by atoms with E-state index in [1.54, 1.807) is 36.4 Å². The summed E-state index contributed by atoms with van der Waals surface area (Å²) in [6.45, 7) is 0.0871. The van der Waals surface area contributed by atoms with Gasteiger partial charge < -0.3 is 27.8 Å². The van der Waals surface area contributed by atoms with Gasteiger partial charge in [-0.05, 0) is 30.3 Å². The van der Waals surface area contributed by atoms with Crippen LogP contribution in [0.15, 0.2) is 61.3 Å². The third-order valence-electron chi connectivity index (χ3n) is 4.77. The second-order valence-electron chi connectivity index (χ2n) is 6.84. The van der Waals surface area contributed by atoms with Crippen LogP contribution >= 0.6 is 11.8 Å². The van der Waals surface area contributed by atoms with E-state index < -0.39 is 11.6 Å². The summed E-state index contributed by atoms with van der Waals surface area (Å²) in [5.41, 5.74) is 1.01. The van der Waals surface area contributed by atoms with Crippen molar-refractivity contribution < 1.29 is 32.6 Å². The molecule has 0 fully saturated rings. The molecule has 2 aromatic heterocycles. The number of nitrogens with zero attached hydrogens (tertiary/aromatic N) is 2. The molecule has 33 heavy (non-hydrogen) atoms. The topological polar surface area (TPSA) is 123 Å². The van der Waals surface area contributed by atoms with Crippen molar-refractivity contribution in [2.45, 2.75) is 11.8 Å². The summed E-state index contributed by atoms with van der Waals surface area (Å²) >= 11 is 1.05. The zero-order valence-corrected chi connectivity index (χ0v) is 18.0. The van der Waals surface area contributed by atoms with Crippen LogP contribution in [0.4, 0.5) is 0 Å². The van der Waals surface area contributed by atoms with E-state index in [0.29, 0.717) is 45.2 Å². The lowest BCUT2D eigenvalue weighted by Gasteiger charge is -2.07. The average molecular weight is 468 g/mol. The van der Waals surface area contributed by atoms with Crippen molar-refractivity contribution in [1.29, 1.82) is 0 Å². The molecule has 10 nitrogen and oxygen atoms in total. The van der Waals surface area contributed by atoms with E-state index in [2.05, 4.69) is 10.2 Å². The zero-order chi connectivity index (χ0) is 22.8. The minimum Gasteiger partial charge on any atom is -0.497 e. The summed E-state index contributed by atoms with van der Waals surface area (Å²) in [6, 6.07) is 11.7. The molecule has 1 aliphatic heterocycles. The minimum atomic E-state index is -0.543. The van der Waals surface area contributed by atoms with E-state index in [1.807, 2.05) is 0 Å². The molecular formula is C22H16N2O8S. The average Bonchev–Trinajstić information content (AvgIpc) is 3.49. The fourth-order valence-electron chi connectivity index (χ4n) is 3.19. The number of aromatic nitrogens is 2. The first-order valence-corrected chi connectivity index (χ1v) is 10.7. The molecule has 0 atom stereocenters. The number of methoxy groups -OCH3 is 1. The molecule has 4 aromatic rings. The first-order valence-electron chi connectivity index (χ1n) is 9.72. The van der Waals surface area contributed by atoms with Gasteiger partial charge in [0.2, 0.25) is 12.7 Å². The van der Waals surface area contributed by atoms with E-state index in [0.717, 1.165) is 11.8 Å². The van der Waals surface area contributed by atoms with E-state index in [9.17, 15) is 9.59 Å². The van der Waals surface area contributed by atoms with Crippen molar-refractivity contribution in [3.8, 4) is 28.7 Å². The van der Waals surface area contributed by atoms with Crippen LogP contribution < -0.4 is 19.8 Å². The van der Waals surface area contributed by atoms with E-state index in [-0.39, 0.29) is 24.4 Å². The van der Waals surface area contributed by atoms with Gasteiger partial charge in [-0.3, -0.25) is 4.79 Å². The third kappa shape index (κ3) is 4.48. The Morgan fingerprint density at radius 1 is 1.06 bits per heavy atom. The van der Waals surface area contributed by atoms with E-state index in [1.165, 1.54) is 13.2 Å². The van der Waals surface area contributed by atoms with Crippen LogP contribution in [-0.4, -0.2) is 35.8 Å². The van der Waals surface area contributed by atoms with Gasteiger partial charge in [-0.25, -0.2) is 4.79 Å². The van der Waals surface area contributed by atoms with Crippen LogP contribution in [-0.2, 0) is 16.1 Å². The lowest BCUT2D eigenvalue weighted by atomic mass is 10.1. The summed E-state index contributed by atoms with van der Waals surface area (Å²) in [5.74, 6) is 1.55. The first kappa shape index (κ1) is 20.9. The molecule has 0 spiro atoms. The molecule has 0 aliphatic carbocycles. The molecule has 3 heterocycles. The molecule has 5 rings (SSSR count). The number of ether oxygens (including phenoxy) is 4. The van der Waals surface area contributed by atoms with Crippen LogP contribution in [0.3, 0.4) is 0 Å². The monoisotopic (exact) mass is 468 g/mol.